The number of aromatic hydroxyl groups is 1. The predicted molar refractivity (Wildman–Crippen MR) is 123 cm³/mol. The molecule has 3 N–H and O–H groups in total. The standard InChI is InChI=1S/C24H30N4O4/c29-21-10-6-7-19(17-21)18-26-27-24(31)22(28-13-15-32-16-14-28)11-4-5-12-25-23(30)20-8-2-1-3-9-20/h1-3,6-10,17-18,22,29H,4-5,11-16H2,(H,25,30)(H,27,31)/b26-18+. The first kappa shape index (κ1) is 23.4. The van der Waals surface area contributed by atoms with Crippen molar-refractivity contribution in [3.8, 4) is 5.75 Å². The molecule has 2 aromatic rings. The molecule has 2 amide bonds. The number of carbonyl (C=O) groups is 2. The van der Waals surface area contributed by atoms with E-state index in [1.165, 1.54) is 6.21 Å². The van der Waals surface area contributed by atoms with E-state index in [2.05, 4.69) is 20.7 Å². The molecule has 1 aliphatic rings. The van der Waals surface area contributed by atoms with Crippen LogP contribution in [0.15, 0.2) is 59.7 Å². The van der Waals surface area contributed by atoms with Gasteiger partial charge in [-0.25, -0.2) is 5.43 Å². The van der Waals surface area contributed by atoms with Crippen LogP contribution < -0.4 is 10.7 Å². The van der Waals surface area contributed by atoms with Crippen LogP contribution in [-0.2, 0) is 9.53 Å². The smallest absolute Gasteiger partial charge is 0.257 e. The molecule has 0 bridgehead atoms. The molecule has 1 aliphatic heterocycles. The molecule has 0 spiro atoms. The van der Waals surface area contributed by atoms with E-state index in [1.807, 2.05) is 18.2 Å². The molecule has 1 unspecified atom stereocenters. The molecule has 0 aromatic heterocycles. The van der Waals surface area contributed by atoms with Crippen LogP contribution in [0.4, 0.5) is 0 Å². The van der Waals surface area contributed by atoms with Gasteiger partial charge >= 0.3 is 0 Å². The Hall–Kier alpha value is -3.23. The molecule has 0 saturated carbocycles. The number of amides is 2. The predicted octanol–water partition coefficient (Wildman–Crippen LogP) is 2.14. The van der Waals surface area contributed by atoms with Gasteiger partial charge in [0, 0.05) is 25.2 Å². The number of nitrogens with one attached hydrogen (secondary N) is 2. The molecular formula is C24H30N4O4. The van der Waals surface area contributed by atoms with Gasteiger partial charge in [-0.3, -0.25) is 14.5 Å². The average Bonchev–Trinajstić information content (AvgIpc) is 2.82. The van der Waals surface area contributed by atoms with Gasteiger partial charge in [0.1, 0.15) is 5.75 Å². The fourth-order valence-electron chi connectivity index (χ4n) is 3.57. The zero-order valence-electron chi connectivity index (χ0n) is 18.1. The van der Waals surface area contributed by atoms with Crippen molar-refractivity contribution in [2.24, 2.45) is 5.10 Å². The monoisotopic (exact) mass is 438 g/mol. The Morgan fingerprint density at radius 3 is 2.62 bits per heavy atom. The number of unbranched alkanes of at least 4 members (excludes halogenated alkanes) is 1. The maximum absolute atomic E-state index is 12.8. The molecule has 1 heterocycles. The van der Waals surface area contributed by atoms with Crippen LogP contribution in [0.1, 0.15) is 35.2 Å². The molecule has 8 nitrogen and oxygen atoms in total. The number of morpholine rings is 1. The Morgan fingerprint density at radius 1 is 1.09 bits per heavy atom. The third-order valence-electron chi connectivity index (χ3n) is 5.27. The van der Waals surface area contributed by atoms with Crippen LogP contribution in [0, 0.1) is 0 Å². The molecule has 32 heavy (non-hydrogen) atoms. The summed E-state index contributed by atoms with van der Waals surface area (Å²) in [6, 6.07) is 15.4. The lowest BCUT2D eigenvalue weighted by molar-refractivity contribution is -0.128. The van der Waals surface area contributed by atoms with Crippen LogP contribution in [0.3, 0.4) is 0 Å². The summed E-state index contributed by atoms with van der Waals surface area (Å²) in [5.74, 6) is -0.114. The van der Waals surface area contributed by atoms with Crippen molar-refractivity contribution in [2.75, 3.05) is 32.8 Å². The largest absolute Gasteiger partial charge is 0.508 e. The highest BCUT2D eigenvalue weighted by Gasteiger charge is 2.26. The molecule has 0 aliphatic carbocycles. The summed E-state index contributed by atoms with van der Waals surface area (Å²) in [5, 5.41) is 16.5. The first-order chi connectivity index (χ1) is 15.6. The number of ether oxygens (including phenoxy) is 1. The number of benzene rings is 2. The first-order valence-corrected chi connectivity index (χ1v) is 10.9. The number of hydrogen-bond donors (Lipinski definition) is 3. The van der Waals surface area contributed by atoms with Crippen molar-refractivity contribution in [3.63, 3.8) is 0 Å². The lowest BCUT2D eigenvalue weighted by atomic mass is 10.1. The first-order valence-electron chi connectivity index (χ1n) is 10.9. The number of phenolic OH excluding ortho intramolecular Hbond substituents is 1. The Morgan fingerprint density at radius 2 is 1.88 bits per heavy atom. The highest BCUT2D eigenvalue weighted by atomic mass is 16.5. The van der Waals surface area contributed by atoms with Crippen LogP contribution in [0.2, 0.25) is 0 Å². The highest BCUT2D eigenvalue weighted by molar-refractivity contribution is 5.94. The lowest BCUT2D eigenvalue weighted by Crippen LogP contribution is -2.50. The minimum absolute atomic E-state index is 0.0886. The molecule has 0 radical (unpaired) electrons. The van der Waals surface area contributed by atoms with Gasteiger partial charge in [0.25, 0.3) is 11.8 Å². The SMILES string of the molecule is O=C(NCCCCC(C(=O)N/N=C/c1cccc(O)c1)N1CCOCC1)c1ccccc1. The van der Waals surface area contributed by atoms with Crippen molar-refractivity contribution in [1.82, 2.24) is 15.6 Å². The minimum Gasteiger partial charge on any atom is -0.508 e. The van der Waals surface area contributed by atoms with Crippen molar-refractivity contribution in [1.29, 1.82) is 0 Å². The van der Waals surface area contributed by atoms with Gasteiger partial charge in [-0.1, -0.05) is 30.3 Å². The Bertz CT molecular complexity index is 898. The second kappa shape index (κ2) is 12.6. The van der Waals surface area contributed by atoms with Gasteiger partial charge in [0.15, 0.2) is 0 Å². The number of hydrazone groups is 1. The topological polar surface area (TPSA) is 103 Å². The van der Waals surface area contributed by atoms with Crippen molar-refractivity contribution in [2.45, 2.75) is 25.3 Å². The fourth-order valence-corrected chi connectivity index (χ4v) is 3.57. The molecule has 170 valence electrons. The molecule has 8 heteroatoms. The summed E-state index contributed by atoms with van der Waals surface area (Å²) in [4.78, 5) is 27.1. The van der Waals surface area contributed by atoms with Crippen molar-refractivity contribution in [3.05, 3.63) is 65.7 Å². The van der Waals surface area contributed by atoms with Gasteiger partial charge < -0.3 is 15.2 Å². The molecule has 3 rings (SSSR count). The van der Waals surface area contributed by atoms with Crippen molar-refractivity contribution < 1.29 is 19.4 Å². The van der Waals surface area contributed by atoms with Crippen LogP contribution >= 0.6 is 0 Å². The quantitative estimate of drug-likeness (QED) is 0.300. The third-order valence-corrected chi connectivity index (χ3v) is 5.27. The third kappa shape index (κ3) is 7.47. The molecule has 2 aromatic carbocycles. The zero-order valence-corrected chi connectivity index (χ0v) is 18.1. The lowest BCUT2D eigenvalue weighted by Gasteiger charge is -2.33. The van der Waals surface area contributed by atoms with E-state index in [0.717, 1.165) is 12.8 Å². The van der Waals surface area contributed by atoms with E-state index in [0.29, 0.717) is 50.4 Å². The van der Waals surface area contributed by atoms with E-state index >= 15 is 0 Å². The van der Waals surface area contributed by atoms with Gasteiger partial charge in [-0.2, -0.15) is 5.10 Å². The van der Waals surface area contributed by atoms with Crippen molar-refractivity contribution >= 4 is 18.0 Å². The maximum atomic E-state index is 12.8. The summed E-state index contributed by atoms with van der Waals surface area (Å²) < 4.78 is 5.42. The van der Waals surface area contributed by atoms with E-state index in [9.17, 15) is 14.7 Å². The normalized spacial score (nSPS) is 15.4. The highest BCUT2D eigenvalue weighted by Crippen LogP contribution is 2.12. The number of carbonyl (C=O) groups excluding carboxylic acids is 2. The van der Waals surface area contributed by atoms with E-state index < -0.39 is 0 Å². The molecular weight excluding hydrogens is 408 g/mol. The summed E-state index contributed by atoms with van der Waals surface area (Å²) in [5.41, 5.74) is 3.96. The number of rotatable bonds is 10. The molecule has 1 fully saturated rings. The Balaban J connectivity index is 1.47. The van der Waals surface area contributed by atoms with Gasteiger partial charge in [0.2, 0.25) is 0 Å². The number of phenols is 1. The van der Waals surface area contributed by atoms with Crippen LogP contribution in [0.25, 0.3) is 0 Å². The Kier molecular flexibility index (Phi) is 9.21. The summed E-state index contributed by atoms with van der Waals surface area (Å²) in [6.45, 7) is 3.14. The fraction of sp³-hybridized carbons (Fsp3) is 0.375. The second-order valence-corrected chi connectivity index (χ2v) is 7.61. The van der Waals surface area contributed by atoms with Gasteiger partial charge in [0.05, 0.1) is 25.5 Å². The molecule has 1 atom stereocenters. The van der Waals surface area contributed by atoms with E-state index in [-0.39, 0.29) is 23.6 Å². The number of hydrogen-bond acceptors (Lipinski definition) is 6. The van der Waals surface area contributed by atoms with Gasteiger partial charge in [-0.15, -0.1) is 0 Å². The number of nitrogens with zero attached hydrogens (tertiary/aromatic N) is 2. The summed E-state index contributed by atoms with van der Waals surface area (Å²) in [7, 11) is 0. The Labute approximate surface area is 188 Å². The maximum Gasteiger partial charge on any atom is 0.257 e. The van der Waals surface area contributed by atoms with Crippen LogP contribution in [0.5, 0.6) is 5.75 Å². The van der Waals surface area contributed by atoms with Gasteiger partial charge in [-0.05, 0) is 49.1 Å². The zero-order chi connectivity index (χ0) is 22.6. The minimum atomic E-state index is -0.315. The van der Waals surface area contributed by atoms with Crippen LogP contribution in [-0.4, -0.2) is 66.9 Å². The van der Waals surface area contributed by atoms with E-state index in [4.69, 9.17) is 4.74 Å². The summed E-state index contributed by atoms with van der Waals surface area (Å²) in [6.07, 6.45) is 3.74. The second-order valence-electron chi connectivity index (χ2n) is 7.61. The average molecular weight is 439 g/mol. The summed E-state index contributed by atoms with van der Waals surface area (Å²) >= 11 is 0. The van der Waals surface area contributed by atoms with E-state index in [1.54, 1.807) is 36.4 Å². The molecule has 1 saturated heterocycles.